The molecule has 1 aliphatic heterocycles. The standard InChI is InChI=1S/C18H28O2/c1-5-10-19-15-8-9-16(14(6-2)12-15)13(4)11-18-17(7-3)20-18/h8-9,12-13,17-18H,5-7,10-11H2,1-4H3. The molecule has 1 aromatic carbocycles. The van der Waals surface area contributed by atoms with Gasteiger partial charge in [0.05, 0.1) is 18.8 Å². The maximum absolute atomic E-state index is 5.74. The minimum absolute atomic E-state index is 0.482. The van der Waals surface area contributed by atoms with Gasteiger partial charge in [-0.2, -0.15) is 0 Å². The molecule has 0 saturated carbocycles. The molecule has 20 heavy (non-hydrogen) atoms. The summed E-state index contributed by atoms with van der Waals surface area (Å²) in [7, 11) is 0. The molecule has 112 valence electrons. The summed E-state index contributed by atoms with van der Waals surface area (Å²) in [6.07, 6.45) is 5.39. The normalized spacial score (nSPS) is 22.6. The van der Waals surface area contributed by atoms with Crippen LogP contribution in [0.25, 0.3) is 0 Å². The first-order chi connectivity index (χ1) is 9.69. The van der Waals surface area contributed by atoms with E-state index in [1.165, 1.54) is 11.1 Å². The highest BCUT2D eigenvalue weighted by atomic mass is 16.6. The minimum Gasteiger partial charge on any atom is -0.494 e. The molecule has 2 heteroatoms. The van der Waals surface area contributed by atoms with Crippen molar-refractivity contribution in [2.24, 2.45) is 0 Å². The van der Waals surface area contributed by atoms with Crippen molar-refractivity contribution in [1.82, 2.24) is 0 Å². The largest absolute Gasteiger partial charge is 0.494 e. The van der Waals surface area contributed by atoms with Crippen LogP contribution in [-0.4, -0.2) is 18.8 Å². The summed E-state index contributed by atoms with van der Waals surface area (Å²) in [5.74, 6) is 1.57. The van der Waals surface area contributed by atoms with E-state index < -0.39 is 0 Å². The predicted octanol–water partition coefficient (Wildman–Crippen LogP) is 4.71. The zero-order valence-electron chi connectivity index (χ0n) is 13.3. The van der Waals surface area contributed by atoms with Crippen molar-refractivity contribution in [1.29, 1.82) is 0 Å². The molecule has 1 aromatic rings. The Balaban J connectivity index is 2.02. The van der Waals surface area contributed by atoms with Gasteiger partial charge < -0.3 is 9.47 Å². The molecular weight excluding hydrogens is 248 g/mol. The first-order valence-electron chi connectivity index (χ1n) is 8.10. The lowest BCUT2D eigenvalue weighted by atomic mass is 9.90. The highest BCUT2D eigenvalue weighted by Gasteiger charge is 2.38. The third-order valence-corrected chi connectivity index (χ3v) is 4.17. The van der Waals surface area contributed by atoms with Gasteiger partial charge in [0.15, 0.2) is 0 Å². The quantitative estimate of drug-likeness (QED) is 0.641. The van der Waals surface area contributed by atoms with Crippen LogP contribution in [0.15, 0.2) is 18.2 Å². The van der Waals surface area contributed by atoms with Crippen LogP contribution in [0.5, 0.6) is 5.75 Å². The topological polar surface area (TPSA) is 21.8 Å². The van der Waals surface area contributed by atoms with Crippen molar-refractivity contribution in [3.8, 4) is 5.75 Å². The summed E-state index contributed by atoms with van der Waals surface area (Å²) in [5.41, 5.74) is 2.88. The monoisotopic (exact) mass is 276 g/mol. The summed E-state index contributed by atoms with van der Waals surface area (Å²) in [4.78, 5) is 0. The van der Waals surface area contributed by atoms with E-state index in [-0.39, 0.29) is 0 Å². The number of benzene rings is 1. The average molecular weight is 276 g/mol. The van der Waals surface area contributed by atoms with E-state index >= 15 is 0 Å². The average Bonchev–Trinajstić information content (AvgIpc) is 3.22. The van der Waals surface area contributed by atoms with Crippen molar-refractivity contribution in [3.05, 3.63) is 29.3 Å². The predicted molar refractivity (Wildman–Crippen MR) is 83.6 cm³/mol. The van der Waals surface area contributed by atoms with E-state index in [0.29, 0.717) is 18.1 Å². The van der Waals surface area contributed by atoms with Crippen molar-refractivity contribution in [2.45, 2.75) is 71.5 Å². The Kier molecular flexibility index (Phi) is 5.47. The molecule has 1 saturated heterocycles. The number of hydrogen-bond acceptors (Lipinski definition) is 2. The third-order valence-electron chi connectivity index (χ3n) is 4.17. The van der Waals surface area contributed by atoms with Crippen LogP contribution in [0.2, 0.25) is 0 Å². The summed E-state index contributed by atoms with van der Waals surface area (Å²) in [6, 6.07) is 6.58. The van der Waals surface area contributed by atoms with Crippen molar-refractivity contribution >= 4 is 0 Å². The number of rotatable bonds is 8. The molecule has 1 aliphatic rings. The lowest BCUT2D eigenvalue weighted by molar-refractivity contribution is 0.317. The Morgan fingerprint density at radius 2 is 2.00 bits per heavy atom. The first kappa shape index (κ1) is 15.4. The smallest absolute Gasteiger partial charge is 0.119 e. The fraction of sp³-hybridized carbons (Fsp3) is 0.667. The molecule has 1 fully saturated rings. The van der Waals surface area contributed by atoms with Gasteiger partial charge in [-0.05, 0) is 54.9 Å². The van der Waals surface area contributed by atoms with Gasteiger partial charge in [0, 0.05) is 0 Å². The summed E-state index contributed by atoms with van der Waals surface area (Å²) < 4.78 is 11.4. The highest BCUT2D eigenvalue weighted by molar-refractivity contribution is 5.37. The van der Waals surface area contributed by atoms with E-state index in [9.17, 15) is 0 Å². The van der Waals surface area contributed by atoms with Crippen molar-refractivity contribution < 1.29 is 9.47 Å². The van der Waals surface area contributed by atoms with Crippen LogP contribution in [0.1, 0.15) is 64.0 Å². The van der Waals surface area contributed by atoms with Crippen molar-refractivity contribution in [2.75, 3.05) is 6.61 Å². The molecule has 0 N–H and O–H groups in total. The van der Waals surface area contributed by atoms with Gasteiger partial charge in [0.1, 0.15) is 5.75 Å². The molecule has 0 aliphatic carbocycles. The van der Waals surface area contributed by atoms with E-state index in [2.05, 4.69) is 45.9 Å². The van der Waals surface area contributed by atoms with Gasteiger partial charge in [-0.15, -0.1) is 0 Å². The highest BCUT2D eigenvalue weighted by Crippen LogP contribution is 2.36. The van der Waals surface area contributed by atoms with Crippen LogP contribution in [0.4, 0.5) is 0 Å². The number of ether oxygens (including phenoxy) is 2. The van der Waals surface area contributed by atoms with Crippen LogP contribution in [0.3, 0.4) is 0 Å². The zero-order valence-corrected chi connectivity index (χ0v) is 13.3. The van der Waals surface area contributed by atoms with Gasteiger partial charge in [-0.1, -0.05) is 33.8 Å². The first-order valence-corrected chi connectivity index (χ1v) is 8.10. The number of hydrogen-bond donors (Lipinski definition) is 0. The second-order valence-electron chi connectivity index (χ2n) is 5.82. The van der Waals surface area contributed by atoms with E-state index in [0.717, 1.165) is 38.0 Å². The van der Waals surface area contributed by atoms with Gasteiger partial charge in [0.25, 0.3) is 0 Å². The van der Waals surface area contributed by atoms with E-state index in [1.54, 1.807) is 0 Å². The Labute approximate surface area is 123 Å². The maximum atomic E-state index is 5.74. The number of aryl methyl sites for hydroxylation is 1. The maximum Gasteiger partial charge on any atom is 0.119 e. The molecular formula is C18H28O2. The van der Waals surface area contributed by atoms with Gasteiger partial charge >= 0.3 is 0 Å². The zero-order chi connectivity index (χ0) is 14.5. The minimum atomic E-state index is 0.482. The Morgan fingerprint density at radius 1 is 1.20 bits per heavy atom. The molecule has 2 rings (SSSR count). The second kappa shape index (κ2) is 7.12. The molecule has 3 atom stereocenters. The van der Waals surface area contributed by atoms with Crippen LogP contribution >= 0.6 is 0 Å². The molecule has 2 nitrogen and oxygen atoms in total. The Morgan fingerprint density at radius 3 is 2.60 bits per heavy atom. The van der Waals surface area contributed by atoms with Crippen molar-refractivity contribution in [3.63, 3.8) is 0 Å². The fourth-order valence-corrected chi connectivity index (χ4v) is 2.90. The van der Waals surface area contributed by atoms with Crippen LogP contribution in [-0.2, 0) is 11.2 Å². The molecule has 3 unspecified atom stereocenters. The fourth-order valence-electron chi connectivity index (χ4n) is 2.90. The van der Waals surface area contributed by atoms with Gasteiger partial charge in [0.2, 0.25) is 0 Å². The molecule has 0 radical (unpaired) electrons. The van der Waals surface area contributed by atoms with E-state index in [1.807, 2.05) is 0 Å². The van der Waals surface area contributed by atoms with E-state index in [4.69, 9.17) is 9.47 Å². The number of epoxide rings is 1. The summed E-state index contributed by atoms with van der Waals surface area (Å²) in [5, 5.41) is 0. The molecule has 0 amide bonds. The molecule has 0 aromatic heterocycles. The lowest BCUT2D eigenvalue weighted by Gasteiger charge is -2.16. The summed E-state index contributed by atoms with van der Waals surface area (Å²) >= 11 is 0. The SMILES string of the molecule is CCCOc1ccc(C(C)CC2OC2CC)c(CC)c1. The second-order valence-corrected chi connectivity index (χ2v) is 5.82. The summed E-state index contributed by atoms with van der Waals surface area (Å²) in [6.45, 7) is 9.67. The lowest BCUT2D eigenvalue weighted by Crippen LogP contribution is -2.05. The van der Waals surface area contributed by atoms with Crippen LogP contribution in [0, 0.1) is 0 Å². The van der Waals surface area contributed by atoms with Gasteiger partial charge in [-0.3, -0.25) is 0 Å². The molecule has 1 heterocycles. The Bertz CT molecular complexity index is 427. The molecule has 0 bridgehead atoms. The third kappa shape index (κ3) is 3.76. The molecule has 0 spiro atoms. The van der Waals surface area contributed by atoms with Crippen LogP contribution < -0.4 is 4.74 Å². The Hall–Kier alpha value is -1.02. The van der Waals surface area contributed by atoms with Gasteiger partial charge in [-0.25, -0.2) is 0 Å².